The van der Waals surface area contributed by atoms with Gasteiger partial charge in [-0.2, -0.15) is 10.2 Å². The molecule has 20 nitrogen and oxygen atoms in total. The van der Waals surface area contributed by atoms with E-state index in [1.807, 2.05) is 44.4 Å². The highest BCUT2D eigenvalue weighted by atomic mass is 16.5. The number of imidazole rings is 2. The lowest BCUT2D eigenvalue weighted by Gasteiger charge is -2.42. The SMILES string of the molecule is CCn1nc(C)cc1C(=O)Nc1nc2cc(C(N)=O)cc3c2n1C/C=C/Cn1c(NC(=O)c2cc(C)nn2CC)nc2cc(C(=O)NCCCN4CCOCC4(C)C)cc(c21)OCCCO3. The molecular weight excluding hydrogens is 847 g/mol. The predicted octanol–water partition coefficient (Wildman–Crippen LogP) is 4.69. The van der Waals surface area contributed by atoms with Crippen LogP contribution in [0.15, 0.2) is 48.6 Å². The first-order chi connectivity index (χ1) is 31.7. The third-order valence-electron chi connectivity index (χ3n) is 11.7. The summed E-state index contributed by atoms with van der Waals surface area (Å²) in [5.41, 5.74) is 10.2. The molecule has 0 spiro atoms. The Labute approximate surface area is 381 Å². The van der Waals surface area contributed by atoms with Gasteiger partial charge in [-0.05, 0) is 84.4 Å². The highest BCUT2D eigenvalue weighted by Gasteiger charge is 2.30. The van der Waals surface area contributed by atoms with Crippen molar-refractivity contribution < 1.29 is 33.4 Å². The molecule has 8 rings (SSSR count). The fourth-order valence-corrected chi connectivity index (χ4v) is 8.43. The molecule has 1 saturated heterocycles. The minimum absolute atomic E-state index is 0.0829. The largest absolute Gasteiger partial charge is 0.491 e. The number of benzene rings is 2. The van der Waals surface area contributed by atoms with E-state index in [9.17, 15) is 19.2 Å². The second kappa shape index (κ2) is 19.2. The fraction of sp³-hybridized carbons (Fsp3) is 0.435. The molecule has 2 aromatic carbocycles. The van der Waals surface area contributed by atoms with Crippen LogP contribution in [0.5, 0.6) is 11.5 Å². The van der Waals surface area contributed by atoms with Gasteiger partial charge in [0.15, 0.2) is 0 Å². The summed E-state index contributed by atoms with van der Waals surface area (Å²) in [6.07, 6.45) is 4.91. The van der Waals surface area contributed by atoms with Gasteiger partial charge in [0.1, 0.15) is 33.9 Å². The van der Waals surface area contributed by atoms with E-state index in [1.165, 1.54) is 0 Å². The third-order valence-corrected chi connectivity index (χ3v) is 11.7. The molecule has 4 aromatic heterocycles. The molecule has 0 radical (unpaired) electrons. The van der Waals surface area contributed by atoms with Crippen molar-refractivity contribution in [2.45, 2.75) is 86.1 Å². The standard InChI is InChI=1S/C46H57N13O7/c1-7-58-34(21-28(3)53-58)42(62)51-44-49-32-23-30(40(47)60)25-36-38(32)56(44)15-9-10-16-57-39-33(50-45(57)52-43(63)35-22-29(4)54-59(35)8-2)24-31(26-37(39)66-19-12-18-65-36)41(61)48-13-11-14-55-17-20-64-27-46(55,5)6/h9-10,21-26H,7-8,11-20,27H2,1-6H3,(H2,47,60)(H,48,61)(H,49,51,62)(H,50,52,63)/b10-9+. The highest BCUT2D eigenvalue weighted by molar-refractivity contribution is 6.05. The molecule has 348 valence electrons. The summed E-state index contributed by atoms with van der Waals surface area (Å²) in [6, 6.07) is 9.95. The van der Waals surface area contributed by atoms with E-state index < -0.39 is 17.7 Å². The van der Waals surface area contributed by atoms with E-state index in [0.29, 0.717) is 101 Å². The van der Waals surface area contributed by atoms with Crippen LogP contribution < -0.4 is 31.2 Å². The molecule has 0 saturated carbocycles. The lowest BCUT2D eigenvalue weighted by Crippen LogP contribution is -2.53. The highest BCUT2D eigenvalue weighted by Crippen LogP contribution is 2.34. The van der Waals surface area contributed by atoms with Crippen LogP contribution in [-0.4, -0.2) is 119 Å². The quantitative estimate of drug-likeness (QED) is 0.0969. The molecule has 2 aliphatic heterocycles. The number of aryl methyl sites for hydroxylation is 4. The maximum absolute atomic E-state index is 13.9. The molecule has 1 fully saturated rings. The molecule has 2 aliphatic rings. The van der Waals surface area contributed by atoms with Crippen molar-refractivity contribution in [3.8, 4) is 11.5 Å². The number of hydrogen-bond donors (Lipinski definition) is 4. The summed E-state index contributed by atoms with van der Waals surface area (Å²) in [4.78, 5) is 66.1. The van der Waals surface area contributed by atoms with Gasteiger partial charge in [-0.3, -0.25) is 44.1 Å². The third kappa shape index (κ3) is 9.50. The van der Waals surface area contributed by atoms with E-state index in [1.54, 1.807) is 50.3 Å². The van der Waals surface area contributed by atoms with Crippen LogP contribution in [0.2, 0.25) is 0 Å². The summed E-state index contributed by atoms with van der Waals surface area (Å²) >= 11 is 0. The first-order valence-corrected chi connectivity index (χ1v) is 22.4. The van der Waals surface area contributed by atoms with E-state index >= 15 is 0 Å². The van der Waals surface area contributed by atoms with Gasteiger partial charge in [0.2, 0.25) is 17.8 Å². The van der Waals surface area contributed by atoms with Crippen LogP contribution in [0, 0.1) is 13.8 Å². The number of primary amides is 1. The zero-order valence-electron chi connectivity index (χ0n) is 38.3. The molecule has 0 bridgehead atoms. The van der Waals surface area contributed by atoms with E-state index in [2.05, 4.69) is 44.9 Å². The Morgan fingerprint density at radius 3 is 1.77 bits per heavy atom. The zero-order valence-corrected chi connectivity index (χ0v) is 38.3. The predicted molar refractivity (Wildman–Crippen MR) is 247 cm³/mol. The van der Waals surface area contributed by atoms with Crippen molar-refractivity contribution in [3.63, 3.8) is 0 Å². The molecule has 4 amide bonds. The van der Waals surface area contributed by atoms with Crippen molar-refractivity contribution in [3.05, 3.63) is 82.5 Å². The molecule has 66 heavy (non-hydrogen) atoms. The normalized spacial score (nSPS) is 15.9. The Morgan fingerprint density at radius 2 is 1.26 bits per heavy atom. The van der Waals surface area contributed by atoms with Gasteiger partial charge in [0, 0.05) is 68.9 Å². The van der Waals surface area contributed by atoms with Crippen LogP contribution in [-0.2, 0) is 30.9 Å². The monoisotopic (exact) mass is 903 g/mol. The average molecular weight is 904 g/mol. The lowest BCUT2D eigenvalue weighted by atomic mass is 10.0. The van der Waals surface area contributed by atoms with Crippen molar-refractivity contribution in [1.82, 2.24) is 48.9 Å². The Balaban J connectivity index is 1.15. The number of nitrogens with one attached hydrogen (secondary N) is 3. The van der Waals surface area contributed by atoms with Gasteiger partial charge in [-0.25, -0.2) is 9.97 Å². The molecule has 20 heteroatoms. The van der Waals surface area contributed by atoms with Crippen LogP contribution >= 0.6 is 0 Å². The summed E-state index contributed by atoms with van der Waals surface area (Å²) in [5.74, 6) is -0.605. The van der Waals surface area contributed by atoms with Gasteiger partial charge in [-0.1, -0.05) is 12.2 Å². The number of rotatable bonds is 12. The minimum Gasteiger partial charge on any atom is -0.491 e. The molecule has 6 aromatic rings. The maximum atomic E-state index is 13.9. The molecule has 6 heterocycles. The number of nitrogens with zero attached hydrogens (tertiary/aromatic N) is 9. The lowest BCUT2D eigenvalue weighted by molar-refractivity contribution is -0.0510. The van der Waals surface area contributed by atoms with Crippen molar-refractivity contribution in [1.29, 1.82) is 0 Å². The number of carbonyl (C=O) groups excluding carboxylic acids is 4. The smallest absolute Gasteiger partial charge is 0.276 e. The number of amides is 4. The van der Waals surface area contributed by atoms with Crippen molar-refractivity contribution in [2.24, 2.45) is 5.73 Å². The van der Waals surface area contributed by atoms with Crippen molar-refractivity contribution in [2.75, 3.05) is 56.7 Å². The topological polar surface area (TPSA) is 233 Å². The Hall–Kier alpha value is -7.06. The number of morpholine rings is 1. The molecule has 0 unspecified atom stereocenters. The number of hydrogen-bond acceptors (Lipinski definition) is 12. The summed E-state index contributed by atoms with van der Waals surface area (Å²) in [7, 11) is 0. The second-order valence-corrected chi connectivity index (χ2v) is 17.0. The van der Waals surface area contributed by atoms with Gasteiger partial charge in [0.25, 0.3) is 17.7 Å². The van der Waals surface area contributed by atoms with Crippen molar-refractivity contribution >= 4 is 57.6 Å². The fourth-order valence-electron chi connectivity index (χ4n) is 8.43. The number of ether oxygens (including phenoxy) is 3. The second-order valence-electron chi connectivity index (χ2n) is 17.0. The molecule has 0 atom stereocenters. The summed E-state index contributed by atoms with van der Waals surface area (Å²) in [5, 5.41) is 17.9. The Bertz CT molecular complexity index is 2850. The van der Waals surface area contributed by atoms with Gasteiger partial charge in [-0.15, -0.1) is 0 Å². The maximum Gasteiger partial charge on any atom is 0.276 e. The zero-order chi connectivity index (χ0) is 46.7. The molecule has 0 aliphatic carbocycles. The van der Waals surface area contributed by atoms with E-state index in [4.69, 9.17) is 29.9 Å². The van der Waals surface area contributed by atoms with Crippen LogP contribution in [0.1, 0.15) is 93.6 Å². The Morgan fingerprint density at radius 1 is 0.727 bits per heavy atom. The minimum atomic E-state index is -0.667. The molecular formula is C46H57N13O7. The number of carbonyl (C=O) groups is 4. The number of aromatic nitrogens is 8. The van der Waals surface area contributed by atoms with E-state index in [0.717, 1.165) is 19.5 Å². The summed E-state index contributed by atoms with van der Waals surface area (Å²) in [6.45, 7) is 16.9. The molecule has 5 N–H and O–H groups in total. The average Bonchev–Trinajstić information content (AvgIpc) is 4.05. The first-order valence-electron chi connectivity index (χ1n) is 22.4. The van der Waals surface area contributed by atoms with Crippen LogP contribution in [0.3, 0.4) is 0 Å². The van der Waals surface area contributed by atoms with Gasteiger partial charge < -0.3 is 34.4 Å². The van der Waals surface area contributed by atoms with Gasteiger partial charge >= 0.3 is 0 Å². The van der Waals surface area contributed by atoms with Crippen LogP contribution in [0.25, 0.3) is 22.1 Å². The van der Waals surface area contributed by atoms with E-state index in [-0.39, 0.29) is 55.2 Å². The van der Waals surface area contributed by atoms with Gasteiger partial charge in [0.05, 0.1) is 48.8 Å². The first kappa shape index (κ1) is 45.5. The Kier molecular flexibility index (Phi) is 13.2. The number of nitrogens with two attached hydrogens (primary N) is 1. The summed E-state index contributed by atoms with van der Waals surface area (Å²) < 4.78 is 25.4. The van der Waals surface area contributed by atoms with Crippen LogP contribution in [0.4, 0.5) is 11.9 Å². The number of anilines is 2. The number of allylic oxidation sites excluding steroid dienone is 2.